The minimum absolute atomic E-state index is 0.444. The summed E-state index contributed by atoms with van der Waals surface area (Å²) >= 11 is 0. The molecule has 1 aromatic carbocycles. The van der Waals surface area contributed by atoms with Gasteiger partial charge < -0.3 is 4.90 Å². The monoisotopic (exact) mass is 249 g/mol. The third-order valence-electron chi connectivity index (χ3n) is 2.38. The summed E-state index contributed by atoms with van der Waals surface area (Å²) in [4.78, 5) is 1.97. The second kappa shape index (κ2) is 8.33. The number of allylic oxidation sites excluding steroid dienone is 3. The average Bonchev–Trinajstić information content (AvgIpc) is 2.44. The van der Waals surface area contributed by atoms with Crippen LogP contribution in [-0.2, 0) is 6.54 Å². The van der Waals surface area contributed by atoms with Gasteiger partial charge in [-0.2, -0.15) is 10.5 Å². The Labute approximate surface area is 114 Å². The number of nitriles is 2. The molecule has 0 atom stereocenters. The standard InChI is InChI=1S/C16H15N3/c1-2-11-19(13-15-7-4-3-5-8-15)14-16(12-18)9-6-10-17/h2-9,14H,1,11,13H2/b9-6+,16-14-. The van der Waals surface area contributed by atoms with E-state index in [4.69, 9.17) is 10.5 Å². The molecule has 0 fully saturated rings. The molecule has 0 heterocycles. The first-order valence-electron chi connectivity index (χ1n) is 5.87. The van der Waals surface area contributed by atoms with Crippen molar-refractivity contribution < 1.29 is 0 Å². The van der Waals surface area contributed by atoms with E-state index in [9.17, 15) is 0 Å². The van der Waals surface area contributed by atoms with Crippen LogP contribution in [0.1, 0.15) is 5.56 Å². The fraction of sp³-hybridized carbons (Fsp3) is 0.125. The number of benzene rings is 1. The fourth-order valence-corrected chi connectivity index (χ4v) is 1.58. The molecule has 0 saturated heterocycles. The molecule has 0 N–H and O–H groups in total. The molecule has 0 aliphatic carbocycles. The predicted octanol–water partition coefficient (Wildman–Crippen LogP) is 3.16. The summed E-state index contributed by atoms with van der Waals surface area (Å²) < 4.78 is 0. The molecule has 3 nitrogen and oxygen atoms in total. The van der Waals surface area contributed by atoms with E-state index in [1.807, 2.05) is 41.3 Å². The van der Waals surface area contributed by atoms with Crippen LogP contribution in [0, 0.1) is 22.7 Å². The lowest BCUT2D eigenvalue weighted by Crippen LogP contribution is -2.17. The molecule has 0 radical (unpaired) electrons. The van der Waals surface area contributed by atoms with Crippen molar-refractivity contribution >= 4 is 0 Å². The van der Waals surface area contributed by atoms with Crippen molar-refractivity contribution in [2.24, 2.45) is 0 Å². The van der Waals surface area contributed by atoms with E-state index >= 15 is 0 Å². The van der Waals surface area contributed by atoms with Gasteiger partial charge in [0.2, 0.25) is 0 Å². The van der Waals surface area contributed by atoms with Crippen molar-refractivity contribution in [1.82, 2.24) is 4.90 Å². The van der Waals surface area contributed by atoms with Gasteiger partial charge in [-0.1, -0.05) is 36.4 Å². The summed E-state index contributed by atoms with van der Waals surface area (Å²) in [5.41, 5.74) is 1.60. The highest BCUT2D eigenvalue weighted by molar-refractivity contribution is 5.34. The van der Waals surface area contributed by atoms with Crippen LogP contribution in [0.25, 0.3) is 0 Å². The molecule has 0 bridgehead atoms. The van der Waals surface area contributed by atoms with E-state index in [1.54, 1.807) is 12.3 Å². The molecule has 0 spiro atoms. The third kappa shape index (κ3) is 5.39. The molecule has 19 heavy (non-hydrogen) atoms. The molecule has 1 rings (SSSR count). The van der Waals surface area contributed by atoms with Crippen LogP contribution < -0.4 is 0 Å². The van der Waals surface area contributed by atoms with Crippen molar-refractivity contribution in [3.63, 3.8) is 0 Å². The van der Waals surface area contributed by atoms with Crippen molar-refractivity contribution in [2.75, 3.05) is 6.54 Å². The Morgan fingerprint density at radius 1 is 1.26 bits per heavy atom. The van der Waals surface area contributed by atoms with E-state index in [0.717, 1.165) is 5.56 Å². The van der Waals surface area contributed by atoms with Gasteiger partial charge in [-0.05, 0) is 11.6 Å². The fourth-order valence-electron chi connectivity index (χ4n) is 1.58. The molecule has 94 valence electrons. The van der Waals surface area contributed by atoms with Crippen LogP contribution in [0.3, 0.4) is 0 Å². The number of rotatable bonds is 6. The molecule has 0 aromatic heterocycles. The van der Waals surface area contributed by atoms with Gasteiger partial charge in [-0.25, -0.2) is 0 Å². The Morgan fingerprint density at radius 2 is 2.00 bits per heavy atom. The zero-order valence-corrected chi connectivity index (χ0v) is 10.7. The third-order valence-corrected chi connectivity index (χ3v) is 2.38. The smallest absolute Gasteiger partial charge is 0.101 e. The number of nitrogens with zero attached hydrogens (tertiary/aromatic N) is 3. The lowest BCUT2D eigenvalue weighted by atomic mass is 10.2. The van der Waals surface area contributed by atoms with Gasteiger partial charge in [-0.3, -0.25) is 0 Å². The molecular formula is C16H15N3. The highest BCUT2D eigenvalue weighted by Gasteiger charge is 2.01. The SMILES string of the molecule is C=CCN(/C=C(C#N)/C=C/C#N)Cc1ccccc1. The molecule has 3 heteroatoms. The van der Waals surface area contributed by atoms with Crippen LogP contribution >= 0.6 is 0 Å². The zero-order chi connectivity index (χ0) is 13.9. The van der Waals surface area contributed by atoms with Gasteiger partial charge in [0.05, 0.1) is 11.6 Å². The van der Waals surface area contributed by atoms with Gasteiger partial charge >= 0.3 is 0 Å². The maximum Gasteiger partial charge on any atom is 0.101 e. The lowest BCUT2D eigenvalue weighted by Gasteiger charge is -2.18. The number of hydrogen-bond donors (Lipinski definition) is 0. The molecule has 0 aliphatic heterocycles. The van der Waals surface area contributed by atoms with Crippen LogP contribution in [0.15, 0.2) is 66.9 Å². The highest BCUT2D eigenvalue weighted by atomic mass is 15.1. The second-order valence-corrected chi connectivity index (χ2v) is 3.86. The van der Waals surface area contributed by atoms with Crippen LogP contribution in [0.2, 0.25) is 0 Å². The zero-order valence-electron chi connectivity index (χ0n) is 10.7. The summed E-state index contributed by atoms with van der Waals surface area (Å²) in [5, 5.41) is 17.5. The molecule has 0 amide bonds. The Kier molecular flexibility index (Phi) is 6.26. The summed E-state index contributed by atoms with van der Waals surface area (Å²) in [6.45, 7) is 5.05. The molecular weight excluding hydrogens is 234 g/mol. The second-order valence-electron chi connectivity index (χ2n) is 3.86. The quantitative estimate of drug-likeness (QED) is 0.442. The number of hydrogen-bond acceptors (Lipinski definition) is 3. The summed E-state index contributed by atoms with van der Waals surface area (Å²) in [6.07, 6.45) is 6.32. The minimum Gasteiger partial charge on any atom is -0.368 e. The van der Waals surface area contributed by atoms with Crippen molar-refractivity contribution in [3.05, 3.63) is 72.5 Å². The maximum atomic E-state index is 9.00. The van der Waals surface area contributed by atoms with Gasteiger partial charge in [-0.15, -0.1) is 6.58 Å². The van der Waals surface area contributed by atoms with E-state index in [2.05, 4.69) is 12.6 Å². The van der Waals surface area contributed by atoms with Crippen molar-refractivity contribution in [1.29, 1.82) is 10.5 Å². The Morgan fingerprint density at radius 3 is 2.58 bits per heavy atom. The summed E-state index contributed by atoms with van der Waals surface area (Å²) in [5.74, 6) is 0. The van der Waals surface area contributed by atoms with Gasteiger partial charge in [0.25, 0.3) is 0 Å². The van der Waals surface area contributed by atoms with Gasteiger partial charge in [0, 0.05) is 25.4 Å². The van der Waals surface area contributed by atoms with E-state index in [-0.39, 0.29) is 0 Å². The van der Waals surface area contributed by atoms with Crippen molar-refractivity contribution in [2.45, 2.75) is 6.54 Å². The largest absolute Gasteiger partial charge is 0.368 e. The molecule has 0 aliphatic rings. The lowest BCUT2D eigenvalue weighted by molar-refractivity contribution is 0.408. The molecule has 1 aromatic rings. The van der Waals surface area contributed by atoms with E-state index < -0.39 is 0 Å². The molecule has 0 saturated carbocycles. The first-order valence-corrected chi connectivity index (χ1v) is 5.87. The first kappa shape index (κ1) is 14.3. The average molecular weight is 249 g/mol. The topological polar surface area (TPSA) is 50.8 Å². The van der Waals surface area contributed by atoms with E-state index in [1.165, 1.54) is 12.2 Å². The minimum atomic E-state index is 0.444. The highest BCUT2D eigenvalue weighted by Crippen LogP contribution is 2.07. The normalized spacial score (nSPS) is 10.7. The van der Waals surface area contributed by atoms with Gasteiger partial charge in [0.15, 0.2) is 0 Å². The molecule has 0 unspecified atom stereocenters. The summed E-state index contributed by atoms with van der Waals surface area (Å²) in [6, 6.07) is 13.9. The van der Waals surface area contributed by atoms with Crippen LogP contribution in [-0.4, -0.2) is 11.4 Å². The van der Waals surface area contributed by atoms with E-state index in [0.29, 0.717) is 18.7 Å². The van der Waals surface area contributed by atoms with Crippen molar-refractivity contribution in [3.8, 4) is 12.1 Å². The van der Waals surface area contributed by atoms with Crippen LogP contribution in [0.5, 0.6) is 0 Å². The Bertz CT molecular complexity index is 542. The summed E-state index contributed by atoms with van der Waals surface area (Å²) in [7, 11) is 0. The first-order chi connectivity index (χ1) is 9.30. The Balaban J connectivity index is 2.86. The van der Waals surface area contributed by atoms with Crippen LogP contribution in [0.4, 0.5) is 0 Å². The maximum absolute atomic E-state index is 9.00. The van der Waals surface area contributed by atoms with Gasteiger partial charge in [0.1, 0.15) is 6.07 Å². The predicted molar refractivity (Wildman–Crippen MR) is 75.5 cm³/mol. The Hall–Kier alpha value is -2.78.